The molecule has 8 heteroatoms. The van der Waals surface area contributed by atoms with E-state index in [0.29, 0.717) is 23.5 Å². The Labute approximate surface area is 179 Å². The molecule has 0 radical (unpaired) electrons. The monoisotopic (exact) mass is 417 g/mol. The molecule has 4 aromatic rings. The molecule has 8 nitrogen and oxygen atoms in total. The number of hydrogen-bond acceptors (Lipinski definition) is 6. The Morgan fingerprint density at radius 1 is 1.10 bits per heavy atom. The van der Waals surface area contributed by atoms with Crippen LogP contribution >= 0.6 is 0 Å². The quantitative estimate of drug-likeness (QED) is 0.497. The summed E-state index contributed by atoms with van der Waals surface area (Å²) in [5.41, 5.74) is 4.68. The van der Waals surface area contributed by atoms with Gasteiger partial charge in [-0.25, -0.2) is 14.6 Å². The maximum atomic E-state index is 12.3. The van der Waals surface area contributed by atoms with E-state index in [-0.39, 0.29) is 12.5 Å². The zero-order chi connectivity index (χ0) is 21.8. The van der Waals surface area contributed by atoms with Crippen LogP contribution in [0.2, 0.25) is 0 Å². The van der Waals surface area contributed by atoms with Crippen LogP contribution in [0.4, 0.5) is 0 Å². The van der Waals surface area contributed by atoms with E-state index in [1.54, 1.807) is 18.0 Å². The average Bonchev–Trinajstić information content (AvgIpc) is 3.20. The van der Waals surface area contributed by atoms with Crippen molar-refractivity contribution >= 4 is 16.9 Å². The Morgan fingerprint density at radius 3 is 2.65 bits per heavy atom. The number of rotatable bonds is 7. The number of aryl methyl sites for hydroxylation is 2. The minimum Gasteiger partial charge on any atom is -0.496 e. The van der Waals surface area contributed by atoms with Gasteiger partial charge in [0, 0.05) is 12.1 Å². The van der Waals surface area contributed by atoms with Crippen molar-refractivity contribution in [2.75, 3.05) is 13.7 Å². The van der Waals surface area contributed by atoms with Crippen LogP contribution in [0.1, 0.15) is 16.7 Å². The number of carbonyl (C=O) groups excluding carboxylic acids is 1. The summed E-state index contributed by atoms with van der Waals surface area (Å²) in [6, 6.07) is 13.7. The van der Waals surface area contributed by atoms with E-state index in [4.69, 9.17) is 9.47 Å². The van der Waals surface area contributed by atoms with Gasteiger partial charge in [-0.1, -0.05) is 24.3 Å². The van der Waals surface area contributed by atoms with Crippen LogP contribution in [0.3, 0.4) is 0 Å². The molecule has 0 aliphatic rings. The highest BCUT2D eigenvalue weighted by molar-refractivity contribution is 5.82. The Morgan fingerprint density at radius 2 is 1.87 bits per heavy atom. The standard InChI is InChI=1S/C23H23N5O3/c1-15-8-16(2)10-18(9-15)28-22-19(12-27-28)23(26-14-25-22)31-13-21(29)24-11-17-6-4-5-7-20(17)30-3/h4-10,12,14H,11,13H2,1-3H3,(H,24,29). The van der Waals surface area contributed by atoms with Crippen LogP contribution in [0, 0.1) is 13.8 Å². The molecular weight excluding hydrogens is 394 g/mol. The average molecular weight is 417 g/mol. The van der Waals surface area contributed by atoms with Gasteiger partial charge in [0.05, 0.1) is 19.0 Å². The predicted molar refractivity (Wildman–Crippen MR) is 116 cm³/mol. The van der Waals surface area contributed by atoms with Crippen LogP contribution < -0.4 is 14.8 Å². The van der Waals surface area contributed by atoms with E-state index in [1.807, 2.05) is 50.2 Å². The number of ether oxygens (including phenoxy) is 2. The van der Waals surface area contributed by atoms with Crippen LogP contribution in [0.5, 0.6) is 11.6 Å². The maximum absolute atomic E-state index is 12.3. The molecule has 1 N–H and O–H groups in total. The smallest absolute Gasteiger partial charge is 0.258 e. The molecule has 4 rings (SSSR count). The topological polar surface area (TPSA) is 91.2 Å². The second kappa shape index (κ2) is 8.83. The van der Waals surface area contributed by atoms with E-state index in [2.05, 4.69) is 26.4 Å². The minimum absolute atomic E-state index is 0.171. The van der Waals surface area contributed by atoms with Crippen LogP contribution in [0.15, 0.2) is 55.0 Å². The van der Waals surface area contributed by atoms with E-state index >= 15 is 0 Å². The first-order valence-corrected chi connectivity index (χ1v) is 9.84. The number of fused-ring (bicyclic) bond motifs is 1. The van der Waals surface area contributed by atoms with E-state index in [1.165, 1.54) is 6.33 Å². The Hall–Kier alpha value is -3.94. The lowest BCUT2D eigenvalue weighted by molar-refractivity contribution is -0.123. The van der Waals surface area contributed by atoms with E-state index in [9.17, 15) is 4.79 Å². The molecule has 0 bridgehead atoms. The fourth-order valence-corrected chi connectivity index (χ4v) is 3.43. The van der Waals surface area contributed by atoms with Gasteiger partial charge in [0.2, 0.25) is 5.88 Å². The summed E-state index contributed by atoms with van der Waals surface area (Å²) >= 11 is 0. The molecule has 0 atom stereocenters. The maximum Gasteiger partial charge on any atom is 0.258 e. The first kappa shape index (κ1) is 20.3. The molecular formula is C23H23N5O3. The molecule has 2 aromatic heterocycles. The van der Waals surface area contributed by atoms with Crippen molar-refractivity contribution < 1.29 is 14.3 Å². The largest absolute Gasteiger partial charge is 0.496 e. The fraction of sp³-hybridized carbons (Fsp3) is 0.217. The van der Waals surface area contributed by atoms with E-state index < -0.39 is 0 Å². The molecule has 0 saturated carbocycles. The number of nitrogens with zero attached hydrogens (tertiary/aromatic N) is 4. The molecule has 0 saturated heterocycles. The third kappa shape index (κ3) is 4.48. The summed E-state index contributed by atoms with van der Waals surface area (Å²) in [4.78, 5) is 20.8. The molecule has 158 valence electrons. The summed E-state index contributed by atoms with van der Waals surface area (Å²) in [5, 5.41) is 7.92. The van der Waals surface area contributed by atoms with Gasteiger partial charge >= 0.3 is 0 Å². The second-order valence-electron chi connectivity index (χ2n) is 7.20. The van der Waals surface area contributed by atoms with Gasteiger partial charge in [-0.15, -0.1) is 0 Å². The van der Waals surface area contributed by atoms with E-state index in [0.717, 1.165) is 28.1 Å². The second-order valence-corrected chi connectivity index (χ2v) is 7.20. The van der Waals surface area contributed by atoms with Crippen LogP contribution in [-0.4, -0.2) is 39.4 Å². The molecule has 0 aliphatic carbocycles. The zero-order valence-electron chi connectivity index (χ0n) is 17.6. The summed E-state index contributed by atoms with van der Waals surface area (Å²) in [6.07, 6.45) is 3.06. The van der Waals surface area contributed by atoms with Crippen molar-refractivity contribution in [3.8, 4) is 17.3 Å². The SMILES string of the molecule is COc1ccccc1CNC(=O)COc1ncnc2c1cnn2-c1cc(C)cc(C)c1. The first-order valence-electron chi connectivity index (χ1n) is 9.84. The van der Waals surface area contributed by atoms with Crippen LogP contribution in [-0.2, 0) is 11.3 Å². The molecule has 0 fully saturated rings. The summed E-state index contributed by atoms with van der Waals surface area (Å²) in [7, 11) is 1.60. The Bertz CT molecular complexity index is 1210. The lowest BCUT2D eigenvalue weighted by atomic mass is 10.1. The van der Waals surface area contributed by atoms with Gasteiger partial charge in [0.25, 0.3) is 5.91 Å². The highest BCUT2D eigenvalue weighted by Gasteiger charge is 2.14. The number of methoxy groups -OCH3 is 1. The van der Waals surface area contributed by atoms with Gasteiger partial charge in [-0.3, -0.25) is 4.79 Å². The number of benzene rings is 2. The number of para-hydroxylation sites is 1. The summed E-state index contributed by atoms with van der Waals surface area (Å²) in [5.74, 6) is 0.771. The molecule has 0 spiro atoms. The third-order valence-corrected chi connectivity index (χ3v) is 4.79. The van der Waals surface area contributed by atoms with Crippen molar-refractivity contribution in [3.63, 3.8) is 0 Å². The Balaban J connectivity index is 1.47. The Kier molecular flexibility index (Phi) is 5.79. The summed E-state index contributed by atoms with van der Waals surface area (Å²) in [6.45, 7) is 4.25. The normalized spacial score (nSPS) is 10.8. The first-order chi connectivity index (χ1) is 15.0. The lowest BCUT2D eigenvalue weighted by Gasteiger charge is -2.10. The van der Waals surface area contributed by atoms with Crippen molar-refractivity contribution in [2.45, 2.75) is 20.4 Å². The zero-order valence-corrected chi connectivity index (χ0v) is 17.6. The van der Waals surface area contributed by atoms with Gasteiger partial charge in [-0.2, -0.15) is 5.10 Å². The summed E-state index contributed by atoms with van der Waals surface area (Å²) < 4.78 is 12.7. The number of aromatic nitrogens is 4. The highest BCUT2D eigenvalue weighted by atomic mass is 16.5. The molecule has 0 unspecified atom stereocenters. The van der Waals surface area contributed by atoms with Crippen molar-refractivity contribution in [1.82, 2.24) is 25.1 Å². The van der Waals surface area contributed by atoms with Crippen molar-refractivity contribution in [2.24, 2.45) is 0 Å². The molecule has 1 amide bonds. The molecule has 0 aliphatic heterocycles. The predicted octanol–water partition coefficient (Wildman–Crippen LogP) is 3.14. The van der Waals surface area contributed by atoms with Gasteiger partial charge in [-0.05, 0) is 43.2 Å². The molecule has 2 aromatic carbocycles. The number of carbonyl (C=O) groups is 1. The fourth-order valence-electron chi connectivity index (χ4n) is 3.43. The number of nitrogens with one attached hydrogen (secondary N) is 1. The highest BCUT2D eigenvalue weighted by Crippen LogP contribution is 2.24. The van der Waals surface area contributed by atoms with Gasteiger partial charge < -0.3 is 14.8 Å². The minimum atomic E-state index is -0.264. The van der Waals surface area contributed by atoms with Gasteiger partial charge in [0.15, 0.2) is 12.3 Å². The van der Waals surface area contributed by atoms with Crippen LogP contribution in [0.25, 0.3) is 16.7 Å². The molecule has 2 heterocycles. The third-order valence-electron chi connectivity index (χ3n) is 4.79. The molecule has 31 heavy (non-hydrogen) atoms. The van der Waals surface area contributed by atoms with Crippen molar-refractivity contribution in [1.29, 1.82) is 0 Å². The lowest BCUT2D eigenvalue weighted by Crippen LogP contribution is -2.28. The van der Waals surface area contributed by atoms with Gasteiger partial charge in [0.1, 0.15) is 17.5 Å². The number of amides is 1. The van der Waals surface area contributed by atoms with Crippen molar-refractivity contribution in [3.05, 3.63) is 71.7 Å². The number of hydrogen-bond donors (Lipinski definition) is 1.